The van der Waals surface area contributed by atoms with Crippen molar-refractivity contribution in [1.29, 1.82) is 0 Å². The molecule has 0 saturated heterocycles. The van der Waals surface area contributed by atoms with E-state index >= 15 is 0 Å². The SMILES string of the molecule is O[C@@H](CNCc1cc(Br)cs1)c1ccsc1. The highest BCUT2D eigenvalue weighted by atomic mass is 79.9. The first-order valence-corrected chi connectivity index (χ1v) is 7.51. The zero-order valence-corrected chi connectivity index (χ0v) is 11.7. The number of nitrogens with one attached hydrogen (secondary N) is 1. The number of hydrogen-bond acceptors (Lipinski definition) is 4. The Morgan fingerprint density at radius 1 is 1.44 bits per heavy atom. The van der Waals surface area contributed by atoms with Crippen molar-refractivity contribution < 1.29 is 5.11 Å². The summed E-state index contributed by atoms with van der Waals surface area (Å²) < 4.78 is 1.12. The Labute approximate surface area is 111 Å². The molecule has 0 unspecified atom stereocenters. The normalized spacial score (nSPS) is 12.9. The van der Waals surface area contributed by atoms with Crippen molar-refractivity contribution in [1.82, 2.24) is 5.32 Å². The fourth-order valence-electron chi connectivity index (χ4n) is 1.36. The summed E-state index contributed by atoms with van der Waals surface area (Å²) in [6.07, 6.45) is -0.408. The van der Waals surface area contributed by atoms with Crippen molar-refractivity contribution in [2.45, 2.75) is 12.6 Å². The number of aliphatic hydroxyl groups is 1. The lowest BCUT2D eigenvalue weighted by molar-refractivity contribution is 0.175. The second-order valence-electron chi connectivity index (χ2n) is 3.43. The molecule has 0 aliphatic carbocycles. The van der Waals surface area contributed by atoms with Crippen LogP contribution in [-0.2, 0) is 6.54 Å². The van der Waals surface area contributed by atoms with Crippen molar-refractivity contribution in [3.8, 4) is 0 Å². The summed E-state index contributed by atoms with van der Waals surface area (Å²) in [7, 11) is 0. The Hall–Kier alpha value is -0.200. The van der Waals surface area contributed by atoms with Crippen LogP contribution in [0.15, 0.2) is 32.7 Å². The van der Waals surface area contributed by atoms with Crippen molar-refractivity contribution in [3.63, 3.8) is 0 Å². The summed E-state index contributed by atoms with van der Waals surface area (Å²) in [6, 6.07) is 4.05. The third-order valence-corrected chi connectivity index (χ3v) is 4.59. The van der Waals surface area contributed by atoms with Gasteiger partial charge in [-0.25, -0.2) is 0 Å². The van der Waals surface area contributed by atoms with E-state index in [2.05, 4.69) is 32.7 Å². The minimum absolute atomic E-state index is 0.408. The first kappa shape index (κ1) is 12.3. The Kier molecular flexibility index (Phi) is 4.55. The van der Waals surface area contributed by atoms with Crippen LogP contribution in [0, 0.1) is 0 Å². The molecule has 16 heavy (non-hydrogen) atoms. The molecule has 0 amide bonds. The van der Waals surface area contributed by atoms with E-state index in [-0.39, 0.29) is 0 Å². The minimum Gasteiger partial charge on any atom is -0.387 e. The maximum atomic E-state index is 9.83. The van der Waals surface area contributed by atoms with Crippen molar-refractivity contribution in [2.75, 3.05) is 6.54 Å². The highest BCUT2D eigenvalue weighted by molar-refractivity contribution is 9.10. The van der Waals surface area contributed by atoms with E-state index in [0.29, 0.717) is 6.54 Å². The molecule has 0 aliphatic rings. The average Bonchev–Trinajstić information content (AvgIpc) is 2.89. The van der Waals surface area contributed by atoms with Crippen LogP contribution >= 0.6 is 38.6 Å². The third kappa shape index (κ3) is 3.40. The molecule has 2 N–H and O–H groups in total. The molecule has 0 aromatic carbocycles. The zero-order chi connectivity index (χ0) is 11.4. The summed E-state index contributed by atoms with van der Waals surface area (Å²) in [4.78, 5) is 1.27. The van der Waals surface area contributed by atoms with Crippen LogP contribution in [0.5, 0.6) is 0 Å². The van der Waals surface area contributed by atoms with Gasteiger partial charge in [0.1, 0.15) is 0 Å². The van der Waals surface area contributed by atoms with Crippen LogP contribution in [0.25, 0.3) is 0 Å². The van der Waals surface area contributed by atoms with E-state index < -0.39 is 6.10 Å². The molecule has 0 saturated carbocycles. The topological polar surface area (TPSA) is 32.3 Å². The standard InChI is InChI=1S/C11H12BrNOS2/c12-9-3-10(16-7-9)4-13-5-11(14)8-1-2-15-6-8/h1-3,6-7,11,13-14H,4-5H2/t11-/m0/s1. The van der Waals surface area contributed by atoms with E-state index in [1.807, 2.05) is 16.8 Å². The fraction of sp³-hybridized carbons (Fsp3) is 0.273. The molecule has 0 radical (unpaired) electrons. The maximum Gasteiger partial charge on any atom is 0.0922 e. The van der Waals surface area contributed by atoms with Gasteiger partial charge in [0.25, 0.3) is 0 Å². The molecule has 0 aliphatic heterocycles. The van der Waals surface area contributed by atoms with Crippen LogP contribution in [0.3, 0.4) is 0 Å². The molecular formula is C11H12BrNOS2. The van der Waals surface area contributed by atoms with Crippen molar-refractivity contribution in [2.24, 2.45) is 0 Å². The van der Waals surface area contributed by atoms with Gasteiger partial charge in [0, 0.05) is 27.8 Å². The first-order chi connectivity index (χ1) is 7.75. The van der Waals surface area contributed by atoms with Crippen molar-refractivity contribution in [3.05, 3.63) is 43.2 Å². The van der Waals surface area contributed by atoms with Crippen LogP contribution < -0.4 is 5.32 Å². The second kappa shape index (κ2) is 5.93. The molecule has 0 spiro atoms. The van der Waals surface area contributed by atoms with Gasteiger partial charge in [0.15, 0.2) is 0 Å². The Morgan fingerprint density at radius 3 is 2.94 bits per heavy atom. The fourth-order valence-corrected chi connectivity index (χ4v) is 3.49. The third-order valence-electron chi connectivity index (χ3n) is 2.19. The molecular weight excluding hydrogens is 306 g/mol. The molecule has 1 atom stereocenters. The molecule has 2 heterocycles. The van der Waals surface area contributed by atoms with Crippen LogP contribution in [0.1, 0.15) is 16.5 Å². The Balaban J connectivity index is 1.76. The maximum absolute atomic E-state index is 9.83. The quantitative estimate of drug-likeness (QED) is 0.886. The van der Waals surface area contributed by atoms with Gasteiger partial charge in [-0.1, -0.05) is 0 Å². The number of aliphatic hydroxyl groups excluding tert-OH is 1. The van der Waals surface area contributed by atoms with Gasteiger partial charge in [-0.05, 0) is 44.4 Å². The lowest BCUT2D eigenvalue weighted by atomic mass is 10.2. The van der Waals surface area contributed by atoms with Crippen LogP contribution in [0.2, 0.25) is 0 Å². The van der Waals surface area contributed by atoms with Crippen LogP contribution in [-0.4, -0.2) is 11.7 Å². The van der Waals surface area contributed by atoms with Gasteiger partial charge in [0.05, 0.1) is 6.10 Å². The Morgan fingerprint density at radius 2 is 2.31 bits per heavy atom. The van der Waals surface area contributed by atoms with Gasteiger partial charge in [-0.2, -0.15) is 11.3 Å². The predicted molar refractivity (Wildman–Crippen MR) is 73.0 cm³/mol. The highest BCUT2D eigenvalue weighted by Crippen LogP contribution is 2.20. The molecule has 86 valence electrons. The van der Waals surface area contributed by atoms with E-state index in [1.54, 1.807) is 22.7 Å². The molecule has 5 heteroatoms. The summed E-state index contributed by atoms with van der Waals surface area (Å²) >= 11 is 6.74. The highest BCUT2D eigenvalue weighted by Gasteiger charge is 2.07. The van der Waals surface area contributed by atoms with Gasteiger partial charge < -0.3 is 10.4 Å². The molecule has 2 aromatic rings. The van der Waals surface area contributed by atoms with Gasteiger partial charge in [0.2, 0.25) is 0 Å². The van der Waals surface area contributed by atoms with E-state index in [9.17, 15) is 5.11 Å². The summed E-state index contributed by atoms with van der Waals surface area (Å²) in [5.41, 5.74) is 0.991. The summed E-state index contributed by atoms with van der Waals surface area (Å²) in [5, 5.41) is 19.1. The monoisotopic (exact) mass is 317 g/mol. The largest absolute Gasteiger partial charge is 0.387 e. The lowest BCUT2D eigenvalue weighted by Crippen LogP contribution is -2.20. The number of hydrogen-bond donors (Lipinski definition) is 2. The molecule has 0 fully saturated rings. The van der Waals surface area contributed by atoms with Crippen LogP contribution in [0.4, 0.5) is 0 Å². The minimum atomic E-state index is -0.408. The summed E-state index contributed by atoms with van der Waals surface area (Å²) in [6.45, 7) is 1.39. The molecule has 2 rings (SSSR count). The van der Waals surface area contributed by atoms with Gasteiger partial charge in [-0.15, -0.1) is 11.3 Å². The number of halogens is 1. The summed E-state index contributed by atoms with van der Waals surface area (Å²) in [5.74, 6) is 0. The molecule has 2 aromatic heterocycles. The van der Waals surface area contributed by atoms with E-state index in [1.165, 1.54) is 4.88 Å². The molecule has 2 nitrogen and oxygen atoms in total. The average molecular weight is 318 g/mol. The number of thiophene rings is 2. The smallest absolute Gasteiger partial charge is 0.0922 e. The predicted octanol–water partition coefficient (Wildman–Crippen LogP) is 3.40. The van der Waals surface area contributed by atoms with E-state index in [0.717, 1.165) is 16.6 Å². The lowest BCUT2D eigenvalue weighted by Gasteiger charge is -2.09. The Bertz CT molecular complexity index is 427. The van der Waals surface area contributed by atoms with Gasteiger partial charge in [-0.3, -0.25) is 0 Å². The van der Waals surface area contributed by atoms with E-state index in [4.69, 9.17) is 0 Å². The van der Waals surface area contributed by atoms with Crippen molar-refractivity contribution >= 4 is 38.6 Å². The number of rotatable bonds is 5. The van der Waals surface area contributed by atoms with Gasteiger partial charge >= 0.3 is 0 Å². The molecule has 0 bridgehead atoms. The zero-order valence-electron chi connectivity index (χ0n) is 8.52. The first-order valence-electron chi connectivity index (χ1n) is 4.89. The second-order valence-corrected chi connectivity index (χ2v) is 6.13.